The van der Waals surface area contributed by atoms with Gasteiger partial charge in [-0.3, -0.25) is 14.9 Å². The van der Waals surface area contributed by atoms with Crippen LogP contribution in [0, 0.1) is 10.1 Å². The number of nitro groups is 1. The number of aromatic nitrogens is 3. The molecule has 0 aliphatic carbocycles. The zero-order valence-electron chi connectivity index (χ0n) is 10.6. The molecular weight excluding hydrogens is 274 g/mol. The van der Waals surface area contributed by atoms with Gasteiger partial charge >= 0.3 is 0 Å². The lowest BCUT2D eigenvalue weighted by Gasteiger charge is -2.02. The molecule has 0 fully saturated rings. The van der Waals surface area contributed by atoms with E-state index in [-0.39, 0.29) is 16.9 Å². The molecule has 1 aromatic carbocycles. The van der Waals surface area contributed by atoms with Crippen molar-refractivity contribution in [3.8, 4) is 5.69 Å². The van der Waals surface area contributed by atoms with Crippen LogP contribution in [0.4, 0.5) is 5.69 Å². The first-order valence-electron chi connectivity index (χ1n) is 5.96. The van der Waals surface area contributed by atoms with Gasteiger partial charge in [0.1, 0.15) is 17.2 Å². The zero-order chi connectivity index (χ0) is 15.0. The van der Waals surface area contributed by atoms with E-state index in [0.29, 0.717) is 11.2 Å². The fourth-order valence-corrected chi connectivity index (χ4v) is 2.02. The fourth-order valence-electron chi connectivity index (χ4n) is 2.02. The van der Waals surface area contributed by atoms with Crippen LogP contribution in [0.1, 0.15) is 10.5 Å². The Morgan fingerprint density at radius 1 is 1.29 bits per heavy atom. The van der Waals surface area contributed by atoms with E-state index in [1.807, 2.05) is 6.07 Å². The maximum absolute atomic E-state index is 11.5. The number of rotatable bonds is 3. The van der Waals surface area contributed by atoms with E-state index in [9.17, 15) is 14.9 Å². The van der Waals surface area contributed by atoms with Crippen molar-refractivity contribution in [2.75, 3.05) is 0 Å². The quantitative estimate of drug-likeness (QED) is 0.576. The molecule has 0 saturated carbocycles. The number of amides is 1. The first-order valence-corrected chi connectivity index (χ1v) is 5.96. The molecule has 0 bridgehead atoms. The topological polar surface area (TPSA) is 117 Å². The second-order valence-corrected chi connectivity index (χ2v) is 4.28. The molecule has 0 aliphatic rings. The Balaban J connectivity index is 2.35. The van der Waals surface area contributed by atoms with Gasteiger partial charge in [-0.25, -0.2) is 9.67 Å². The van der Waals surface area contributed by atoms with Crippen molar-refractivity contribution in [3.63, 3.8) is 0 Å². The number of hydrogen-bond acceptors (Lipinski definition) is 5. The van der Waals surface area contributed by atoms with Crippen molar-refractivity contribution < 1.29 is 9.72 Å². The minimum atomic E-state index is -0.740. The van der Waals surface area contributed by atoms with E-state index in [1.54, 1.807) is 24.3 Å². The molecule has 21 heavy (non-hydrogen) atoms. The average Bonchev–Trinajstić information content (AvgIpc) is 2.87. The molecule has 3 aromatic rings. The van der Waals surface area contributed by atoms with Crippen molar-refractivity contribution in [3.05, 3.63) is 58.4 Å². The molecule has 3 rings (SSSR count). The molecule has 0 unspecified atom stereocenters. The molecule has 0 aliphatic heterocycles. The van der Waals surface area contributed by atoms with Gasteiger partial charge in [-0.05, 0) is 12.1 Å². The van der Waals surface area contributed by atoms with E-state index in [1.165, 1.54) is 10.7 Å². The van der Waals surface area contributed by atoms with Gasteiger partial charge in [0.15, 0.2) is 5.69 Å². The first kappa shape index (κ1) is 12.7. The maximum Gasteiger partial charge on any atom is 0.289 e. The van der Waals surface area contributed by atoms with Crippen LogP contribution in [0.2, 0.25) is 0 Å². The standard InChI is InChI=1S/C13H9N5O3/c14-13(19)12-11-10(6-9(7-15-11)18(20)21)17(16-12)8-4-2-1-3-5-8/h1-7H,(H2,14,19). The zero-order valence-corrected chi connectivity index (χ0v) is 10.6. The SMILES string of the molecule is NC(=O)c1nn(-c2ccccc2)c2cc([N+](=O)[O-])cnc12. The van der Waals surface area contributed by atoms with Crippen molar-refractivity contribution in [1.82, 2.24) is 14.8 Å². The van der Waals surface area contributed by atoms with Crippen molar-refractivity contribution in [2.24, 2.45) is 5.73 Å². The number of nitrogens with two attached hydrogens (primary N) is 1. The van der Waals surface area contributed by atoms with Crippen LogP contribution in [0.3, 0.4) is 0 Å². The van der Waals surface area contributed by atoms with Gasteiger partial charge in [-0.15, -0.1) is 0 Å². The number of benzene rings is 1. The summed E-state index contributed by atoms with van der Waals surface area (Å²) in [5.41, 5.74) is 6.31. The summed E-state index contributed by atoms with van der Waals surface area (Å²) in [4.78, 5) is 25.7. The highest BCUT2D eigenvalue weighted by atomic mass is 16.6. The molecular formula is C13H9N5O3. The lowest BCUT2D eigenvalue weighted by atomic mass is 10.2. The Bertz CT molecular complexity index is 857. The third kappa shape index (κ3) is 2.08. The van der Waals surface area contributed by atoms with E-state index in [4.69, 9.17) is 5.73 Å². The predicted molar refractivity (Wildman–Crippen MR) is 74.0 cm³/mol. The van der Waals surface area contributed by atoms with Crippen molar-refractivity contribution in [2.45, 2.75) is 0 Å². The molecule has 104 valence electrons. The summed E-state index contributed by atoms with van der Waals surface area (Å²) < 4.78 is 1.41. The van der Waals surface area contributed by atoms with Crippen LogP contribution in [-0.2, 0) is 0 Å². The third-order valence-corrected chi connectivity index (χ3v) is 2.95. The van der Waals surface area contributed by atoms with E-state index >= 15 is 0 Å². The summed E-state index contributed by atoms with van der Waals surface area (Å²) >= 11 is 0. The van der Waals surface area contributed by atoms with E-state index in [0.717, 1.165) is 6.20 Å². The number of carbonyl (C=O) groups excluding carboxylic acids is 1. The summed E-state index contributed by atoms with van der Waals surface area (Å²) in [5, 5.41) is 15.0. The van der Waals surface area contributed by atoms with Gasteiger partial charge in [0.05, 0.1) is 10.6 Å². The number of carbonyl (C=O) groups is 1. The normalized spacial score (nSPS) is 10.7. The summed E-state index contributed by atoms with van der Waals surface area (Å²) in [5.74, 6) is -0.740. The maximum atomic E-state index is 11.5. The molecule has 1 amide bonds. The minimum Gasteiger partial charge on any atom is -0.364 e. The Morgan fingerprint density at radius 3 is 2.62 bits per heavy atom. The smallest absolute Gasteiger partial charge is 0.289 e. The molecule has 2 heterocycles. The Morgan fingerprint density at radius 2 is 2.00 bits per heavy atom. The molecule has 0 atom stereocenters. The van der Waals surface area contributed by atoms with Crippen LogP contribution in [0.5, 0.6) is 0 Å². The Kier molecular flexibility index (Phi) is 2.83. The molecule has 2 N–H and O–H groups in total. The monoisotopic (exact) mass is 283 g/mol. The van der Waals surface area contributed by atoms with E-state index < -0.39 is 10.8 Å². The third-order valence-electron chi connectivity index (χ3n) is 2.95. The van der Waals surface area contributed by atoms with Crippen LogP contribution in [-0.4, -0.2) is 25.6 Å². The molecule has 8 nitrogen and oxygen atoms in total. The number of primary amides is 1. The van der Waals surface area contributed by atoms with Crippen LogP contribution in [0.15, 0.2) is 42.6 Å². The number of pyridine rings is 1. The summed E-state index contributed by atoms with van der Waals surface area (Å²) in [6.07, 6.45) is 1.08. The second-order valence-electron chi connectivity index (χ2n) is 4.28. The molecule has 0 radical (unpaired) electrons. The van der Waals surface area contributed by atoms with Gasteiger partial charge in [0.2, 0.25) is 0 Å². The minimum absolute atomic E-state index is 0.0243. The second kappa shape index (κ2) is 4.67. The van der Waals surface area contributed by atoms with Crippen molar-refractivity contribution >= 4 is 22.6 Å². The number of para-hydroxylation sites is 1. The molecule has 0 saturated heterocycles. The predicted octanol–water partition coefficient (Wildman–Crippen LogP) is 1.43. The van der Waals surface area contributed by atoms with Crippen LogP contribution >= 0.6 is 0 Å². The number of fused-ring (bicyclic) bond motifs is 1. The van der Waals surface area contributed by atoms with Gasteiger partial charge in [0, 0.05) is 6.07 Å². The lowest BCUT2D eigenvalue weighted by molar-refractivity contribution is -0.385. The van der Waals surface area contributed by atoms with Gasteiger partial charge in [-0.2, -0.15) is 5.10 Å². The number of hydrogen-bond donors (Lipinski definition) is 1. The molecule has 8 heteroatoms. The molecule has 0 spiro atoms. The highest BCUT2D eigenvalue weighted by Gasteiger charge is 2.20. The summed E-state index contributed by atoms with van der Waals surface area (Å²) in [6, 6.07) is 10.2. The first-order chi connectivity index (χ1) is 10.1. The Labute approximate surface area is 118 Å². The largest absolute Gasteiger partial charge is 0.364 e. The summed E-state index contributed by atoms with van der Waals surface area (Å²) in [7, 11) is 0. The fraction of sp³-hybridized carbons (Fsp3) is 0. The van der Waals surface area contributed by atoms with Crippen LogP contribution in [0.25, 0.3) is 16.7 Å². The van der Waals surface area contributed by atoms with E-state index in [2.05, 4.69) is 10.1 Å². The summed E-state index contributed by atoms with van der Waals surface area (Å²) in [6.45, 7) is 0. The van der Waals surface area contributed by atoms with Gasteiger partial charge in [0.25, 0.3) is 11.6 Å². The highest BCUT2D eigenvalue weighted by Crippen LogP contribution is 2.23. The average molecular weight is 283 g/mol. The van der Waals surface area contributed by atoms with Crippen LogP contribution < -0.4 is 5.73 Å². The lowest BCUT2D eigenvalue weighted by Crippen LogP contribution is -2.12. The highest BCUT2D eigenvalue weighted by molar-refractivity contribution is 6.03. The molecule has 2 aromatic heterocycles. The number of nitrogens with zero attached hydrogens (tertiary/aromatic N) is 4. The van der Waals surface area contributed by atoms with Gasteiger partial charge in [-0.1, -0.05) is 18.2 Å². The Hall–Kier alpha value is -3.29. The van der Waals surface area contributed by atoms with Crippen molar-refractivity contribution in [1.29, 1.82) is 0 Å². The van der Waals surface area contributed by atoms with Gasteiger partial charge < -0.3 is 5.73 Å².